The number of ether oxygens (including phenoxy) is 2. The molecule has 26 heavy (non-hydrogen) atoms. The zero-order valence-electron chi connectivity index (χ0n) is 14.3. The Morgan fingerprint density at radius 2 is 1.96 bits per heavy atom. The smallest absolute Gasteiger partial charge is 0.244 e. The first-order valence-corrected chi connectivity index (χ1v) is 10.1. The van der Waals surface area contributed by atoms with Gasteiger partial charge in [-0.15, -0.1) is 0 Å². The lowest BCUT2D eigenvalue weighted by Gasteiger charge is -2.29. The second-order valence-electron chi connectivity index (χ2n) is 6.05. The van der Waals surface area contributed by atoms with E-state index in [-0.39, 0.29) is 22.8 Å². The lowest BCUT2D eigenvalue weighted by atomic mass is 9.94. The largest absolute Gasteiger partial charge is 0.495 e. The first-order chi connectivity index (χ1) is 12.5. The Morgan fingerprint density at radius 1 is 1.19 bits per heavy atom. The fourth-order valence-corrected chi connectivity index (χ4v) is 4.70. The molecule has 9 heteroatoms. The standard InChI is InChI=1S/C17H20ClN3O4S/c1-24-15-7-2-12(18)10-16(15)26(22,23)21-13-3-5-14(6-4-13)25-17-11-19-8-9-20-17/h2,7-11,13-14,21H,3-6H2,1H3. The molecule has 0 radical (unpaired) electrons. The molecule has 2 aromatic rings. The molecule has 1 saturated carbocycles. The van der Waals surface area contributed by atoms with Crippen LogP contribution in [0.1, 0.15) is 25.7 Å². The van der Waals surface area contributed by atoms with E-state index in [0.29, 0.717) is 23.7 Å². The number of sulfonamides is 1. The minimum absolute atomic E-state index is 0.00756. The Morgan fingerprint density at radius 3 is 2.62 bits per heavy atom. The summed E-state index contributed by atoms with van der Waals surface area (Å²) in [6.07, 6.45) is 7.55. The molecule has 1 aliphatic carbocycles. The van der Waals surface area contributed by atoms with Gasteiger partial charge in [0.1, 0.15) is 16.7 Å². The summed E-state index contributed by atoms with van der Waals surface area (Å²) in [4.78, 5) is 8.11. The van der Waals surface area contributed by atoms with Crippen LogP contribution in [-0.2, 0) is 10.0 Å². The number of benzene rings is 1. The number of nitrogens with zero attached hydrogens (tertiary/aromatic N) is 2. The molecular weight excluding hydrogens is 378 g/mol. The Labute approximate surface area is 157 Å². The van der Waals surface area contributed by atoms with E-state index in [9.17, 15) is 8.42 Å². The maximum Gasteiger partial charge on any atom is 0.244 e. The van der Waals surface area contributed by atoms with Crippen LogP contribution in [0.25, 0.3) is 0 Å². The molecular formula is C17H20ClN3O4S. The van der Waals surface area contributed by atoms with Crippen LogP contribution in [0.2, 0.25) is 5.02 Å². The van der Waals surface area contributed by atoms with E-state index in [2.05, 4.69) is 14.7 Å². The van der Waals surface area contributed by atoms with Crippen LogP contribution >= 0.6 is 11.6 Å². The summed E-state index contributed by atoms with van der Waals surface area (Å²) in [7, 11) is -2.30. The highest BCUT2D eigenvalue weighted by Crippen LogP contribution is 2.29. The lowest BCUT2D eigenvalue weighted by Crippen LogP contribution is -2.39. The van der Waals surface area contributed by atoms with Crippen molar-refractivity contribution in [2.24, 2.45) is 0 Å². The van der Waals surface area contributed by atoms with Gasteiger partial charge in [-0.25, -0.2) is 18.1 Å². The monoisotopic (exact) mass is 397 g/mol. The van der Waals surface area contributed by atoms with E-state index in [4.69, 9.17) is 21.1 Å². The minimum atomic E-state index is -3.72. The lowest BCUT2D eigenvalue weighted by molar-refractivity contribution is 0.138. The summed E-state index contributed by atoms with van der Waals surface area (Å²) >= 11 is 5.94. The Kier molecular flexibility index (Phi) is 5.95. The molecule has 0 saturated heterocycles. The van der Waals surface area contributed by atoms with Gasteiger partial charge in [-0.2, -0.15) is 0 Å². The van der Waals surface area contributed by atoms with Gasteiger partial charge in [0, 0.05) is 23.5 Å². The number of methoxy groups -OCH3 is 1. The van der Waals surface area contributed by atoms with Crippen LogP contribution in [0.4, 0.5) is 0 Å². The van der Waals surface area contributed by atoms with Gasteiger partial charge < -0.3 is 9.47 Å². The normalized spacial score (nSPS) is 20.5. The van der Waals surface area contributed by atoms with E-state index in [1.165, 1.54) is 13.2 Å². The molecule has 1 N–H and O–H groups in total. The number of halogens is 1. The first-order valence-electron chi connectivity index (χ1n) is 8.26. The van der Waals surface area contributed by atoms with Crippen LogP contribution in [0.15, 0.2) is 41.7 Å². The molecule has 7 nitrogen and oxygen atoms in total. The van der Waals surface area contributed by atoms with Gasteiger partial charge in [-0.3, -0.25) is 4.98 Å². The van der Waals surface area contributed by atoms with Crippen molar-refractivity contribution < 1.29 is 17.9 Å². The van der Waals surface area contributed by atoms with Gasteiger partial charge in [0.2, 0.25) is 15.9 Å². The van der Waals surface area contributed by atoms with Gasteiger partial charge >= 0.3 is 0 Å². The zero-order valence-corrected chi connectivity index (χ0v) is 15.8. The third kappa shape index (κ3) is 4.63. The van der Waals surface area contributed by atoms with E-state index >= 15 is 0 Å². The maximum absolute atomic E-state index is 12.7. The van der Waals surface area contributed by atoms with Crippen molar-refractivity contribution in [3.8, 4) is 11.6 Å². The van der Waals surface area contributed by atoms with E-state index in [0.717, 1.165) is 12.8 Å². The van der Waals surface area contributed by atoms with Crippen molar-refractivity contribution in [2.45, 2.75) is 42.7 Å². The number of hydrogen-bond donors (Lipinski definition) is 1. The quantitative estimate of drug-likeness (QED) is 0.806. The highest BCUT2D eigenvalue weighted by Gasteiger charge is 2.28. The van der Waals surface area contributed by atoms with Crippen molar-refractivity contribution in [1.29, 1.82) is 0 Å². The summed E-state index contributed by atoms with van der Waals surface area (Å²) in [5.74, 6) is 0.752. The molecule has 0 unspecified atom stereocenters. The molecule has 1 aromatic carbocycles. The second kappa shape index (κ2) is 8.20. The van der Waals surface area contributed by atoms with E-state index in [1.807, 2.05) is 0 Å². The summed E-state index contributed by atoms with van der Waals surface area (Å²) in [5, 5.41) is 0.340. The summed E-state index contributed by atoms with van der Waals surface area (Å²) in [6.45, 7) is 0. The predicted molar refractivity (Wildman–Crippen MR) is 97.0 cm³/mol. The zero-order chi connectivity index (χ0) is 18.6. The molecule has 3 rings (SSSR count). The van der Waals surface area contributed by atoms with Gasteiger partial charge in [0.15, 0.2) is 0 Å². The molecule has 1 aromatic heterocycles. The van der Waals surface area contributed by atoms with E-state index < -0.39 is 10.0 Å². The second-order valence-corrected chi connectivity index (χ2v) is 8.17. The Balaban J connectivity index is 1.61. The number of nitrogens with one attached hydrogen (secondary N) is 1. The molecule has 1 heterocycles. The highest BCUT2D eigenvalue weighted by molar-refractivity contribution is 7.89. The molecule has 0 bridgehead atoms. The number of rotatable bonds is 6. The summed E-state index contributed by atoms with van der Waals surface area (Å²) < 4.78 is 39.1. The molecule has 0 atom stereocenters. The third-order valence-corrected chi connectivity index (χ3v) is 6.01. The maximum atomic E-state index is 12.7. The Hall–Kier alpha value is -1.90. The SMILES string of the molecule is COc1ccc(Cl)cc1S(=O)(=O)NC1CCC(Oc2cnccn2)CC1. The molecule has 0 spiro atoms. The topological polar surface area (TPSA) is 90.4 Å². The molecule has 140 valence electrons. The van der Waals surface area contributed by atoms with Crippen LogP contribution in [0.5, 0.6) is 11.6 Å². The fraction of sp³-hybridized carbons (Fsp3) is 0.412. The van der Waals surface area contributed by atoms with Crippen LogP contribution in [-0.4, -0.2) is 37.6 Å². The average Bonchev–Trinajstić information content (AvgIpc) is 2.64. The molecule has 0 aliphatic heterocycles. The van der Waals surface area contributed by atoms with Crippen molar-refractivity contribution in [2.75, 3.05) is 7.11 Å². The minimum Gasteiger partial charge on any atom is -0.495 e. The molecule has 1 fully saturated rings. The van der Waals surface area contributed by atoms with E-state index in [1.54, 1.807) is 30.7 Å². The van der Waals surface area contributed by atoms with Gasteiger partial charge in [0.05, 0.1) is 13.3 Å². The summed E-state index contributed by atoms with van der Waals surface area (Å²) in [6, 6.07) is 4.37. The number of hydrogen-bond acceptors (Lipinski definition) is 6. The van der Waals surface area contributed by atoms with Crippen LogP contribution in [0.3, 0.4) is 0 Å². The van der Waals surface area contributed by atoms with Crippen molar-refractivity contribution in [1.82, 2.24) is 14.7 Å². The van der Waals surface area contributed by atoms with Crippen molar-refractivity contribution in [3.63, 3.8) is 0 Å². The fourth-order valence-electron chi connectivity index (χ4n) is 2.96. The molecule has 1 aliphatic rings. The Bertz CT molecular complexity index is 840. The number of aromatic nitrogens is 2. The highest BCUT2D eigenvalue weighted by atomic mass is 35.5. The van der Waals surface area contributed by atoms with Crippen molar-refractivity contribution >= 4 is 21.6 Å². The van der Waals surface area contributed by atoms with Crippen LogP contribution < -0.4 is 14.2 Å². The summed E-state index contributed by atoms with van der Waals surface area (Å²) in [5.41, 5.74) is 0. The predicted octanol–water partition coefficient (Wildman–Crippen LogP) is 2.81. The first kappa shape index (κ1) is 18.9. The van der Waals surface area contributed by atoms with Gasteiger partial charge in [0.25, 0.3) is 0 Å². The van der Waals surface area contributed by atoms with Crippen LogP contribution in [0, 0.1) is 0 Å². The third-order valence-electron chi connectivity index (χ3n) is 4.24. The van der Waals surface area contributed by atoms with Gasteiger partial charge in [-0.1, -0.05) is 11.6 Å². The van der Waals surface area contributed by atoms with Crippen molar-refractivity contribution in [3.05, 3.63) is 41.8 Å². The average molecular weight is 398 g/mol. The van der Waals surface area contributed by atoms with Gasteiger partial charge in [-0.05, 0) is 43.9 Å². The molecule has 0 amide bonds.